The summed E-state index contributed by atoms with van der Waals surface area (Å²) in [6.07, 6.45) is -5.22. The van der Waals surface area contributed by atoms with Crippen LogP contribution in [0.25, 0.3) is 0 Å². The molecule has 0 atom stereocenters. The van der Waals surface area contributed by atoms with Crippen LogP contribution in [0.3, 0.4) is 0 Å². The van der Waals surface area contributed by atoms with Gasteiger partial charge in [-0.1, -0.05) is 0 Å². The van der Waals surface area contributed by atoms with Crippen LogP contribution in [0.15, 0.2) is 17.0 Å². The first-order valence-corrected chi connectivity index (χ1v) is 6.26. The van der Waals surface area contributed by atoms with Gasteiger partial charge >= 0.3 is 11.9 Å². The third-order valence-corrected chi connectivity index (χ3v) is 3.17. The van der Waals surface area contributed by atoms with Crippen LogP contribution in [0, 0.1) is 15.9 Å². The van der Waals surface area contributed by atoms with E-state index >= 15 is 0 Å². The predicted octanol–water partition coefficient (Wildman–Crippen LogP) is 2.68. The van der Waals surface area contributed by atoms with Gasteiger partial charge in [-0.2, -0.15) is 17.6 Å². The molecular formula is C7H2ClF4NO4S. The Balaban J connectivity index is 3.80. The summed E-state index contributed by atoms with van der Waals surface area (Å²) in [7, 11) is -0.469. The molecule has 0 aliphatic heterocycles. The number of nitrogens with zero attached hydrogens (tertiary/aromatic N) is 1. The smallest absolute Gasteiger partial charge is 0.258 e. The van der Waals surface area contributed by atoms with E-state index < -0.39 is 42.1 Å². The Labute approximate surface area is 102 Å². The summed E-state index contributed by atoms with van der Waals surface area (Å²) in [6.45, 7) is 0. The minimum absolute atomic E-state index is 0.0798. The lowest BCUT2D eigenvalue weighted by Gasteiger charge is -2.11. The Morgan fingerprint density at radius 2 is 1.78 bits per heavy atom. The first kappa shape index (κ1) is 14.6. The van der Waals surface area contributed by atoms with Gasteiger partial charge in [0.25, 0.3) is 9.05 Å². The molecule has 0 saturated carbocycles. The first-order chi connectivity index (χ1) is 7.96. The molecule has 1 aromatic carbocycles. The fraction of sp³-hybridized carbons (Fsp3) is 0.143. The summed E-state index contributed by atoms with van der Waals surface area (Å²) in [4.78, 5) is 7.00. The molecule has 0 bridgehead atoms. The Morgan fingerprint density at radius 1 is 1.28 bits per heavy atom. The van der Waals surface area contributed by atoms with Crippen LogP contribution < -0.4 is 0 Å². The van der Waals surface area contributed by atoms with Crippen molar-refractivity contribution in [1.29, 1.82) is 0 Å². The number of nitro groups is 1. The number of hydrogen-bond donors (Lipinski definition) is 0. The maximum Gasteiger partial charge on any atom is 0.417 e. The summed E-state index contributed by atoms with van der Waals surface area (Å²) in [5.41, 5.74) is -3.32. The zero-order chi connectivity index (χ0) is 14.3. The molecule has 0 aliphatic rings. The average Bonchev–Trinajstić information content (AvgIpc) is 2.12. The van der Waals surface area contributed by atoms with E-state index in [1.807, 2.05) is 0 Å². The standard InChI is InChI=1S/C7H2ClF4NO4S/c8-18(16,17)6-3(7(10,11)12)1-2-4(5(6)9)13(14)15/h1-2H. The van der Waals surface area contributed by atoms with Crippen molar-refractivity contribution in [3.05, 3.63) is 33.6 Å². The molecule has 5 nitrogen and oxygen atoms in total. The third-order valence-electron chi connectivity index (χ3n) is 1.82. The van der Waals surface area contributed by atoms with Crippen molar-refractivity contribution >= 4 is 25.4 Å². The van der Waals surface area contributed by atoms with E-state index in [0.717, 1.165) is 0 Å². The number of alkyl halides is 3. The minimum Gasteiger partial charge on any atom is -0.258 e. The monoisotopic (exact) mass is 307 g/mol. The Morgan fingerprint density at radius 3 is 2.11 bits per heavy atom. The highest BCUT2D eigenvalue weighted by molar-refractivity contribution is 8.13. The first-order valence-electron chi connectivity index (χ1n) is 3.95. The maximum atomic E-state index is 13.4. The van der Waals surface area contributed by atoms with Crippen LogP contribution in [0.1, 0.15) is 5.56 Å². The largest absolute Gasteiger partial charge is 0.417 e. The Hall–Kier alpha value is -1.42. The molecule has 0 N–H and O–H groups in total. The van der Waals surface area contributed by atoms with E-state index in [4.69, 9.17) is 0 Å². The average molecular weight is 308 g/mol. The predicted molar refractivity (Wildman–Crippen MR) is 51.1 cm³/mol. The van der Waals surface area contributed by atoms with E-state index in [1.54, 1.807) is 0 Å². The van der Waals surface area contributed by atoms with Gasteiger partial charge in [0.15, 0.2) is 0 Å². The molecule has 0 aliphatic carbocycles. The second kappa shape index (κ2) is 4.35. The molecule has 0 aromatic heterocycles. The van der Waals surface area contributed by atoms with Crippen LogP contribution in [0.4, 0.5) is 23.2 Å². The highest BCUT2D eigenvalue weighted by Gasteiger charge is 2.41. The molecule has 0 saturated heterocycles. The van der Waals surface area contributed by atoms with E-state index in [-0.39, 0.29) is 12.1 Å². The molecule has 0 spiro atoms. The number of hydrogen-bond acceptors (Lipinski definition) is 4. The fourth-order valence-electron chi connectivity index (χ4n) is 1.15. The molecule has 1 aromatic rings. The van der Waals surface area contributed by atoms with Crippen molar-refractivity contribution < 1.29 is 30.9 Å². The van der Waals surface area contributed by atoms with Gasteiger partial charge in [0, 0.05) is 16.7 Å². The molecule has 0 unspecified atom stereocenters. The van der Waals surface area contributed by atoms with E-state index in [9.17, 15) is 36.1 Å². The molecule has 18 heavy (non-hydrogen) atoms. The van der Waals surface area contributed by atoms with Crippen molar-refractivity contribution in [3.8, 4) is 0 Å². The van der Waals surface area contributed by atoms with Gasteiger partial charge in [-0.05, 0) is 6.07 Å². The summed E-state index contributed by atoms with van der Waals surface area (Å²) < 4.78 is 72.5. The highest BCUT2D eigenvalue weighted by Crippen LogP contribution is 2.39. The third kappa shape index (κ3) is 2.70. The topological polar surface area (TPSA) is 77.3 Å². The van der Waals surface area contributed by atoms with Crippen LogP contribution >= 0.6 is 10.7 Å². The van der Waals surface area contributed by atoms with Gasteiger partial charge in [-0.15, -0.1) is 0 Å². The van der Waals surface area contributed by atoms with Crippen LogP contribution in [0.2, 0.25) is 0 Å². The number of benzene rings is 1. The van der Waals surface area contributed by atoms with Gasteiger partial charge in [0.05, 0.1) is 10.5 Å². The summed E-state index contributed by atoms with van der Waals surface area (Å²) in [6, 6.07) is 0.292. The van der Waals surface area contributed by atoms with Gasteiger partial charge in [-0.25, -0.2) is 8.42 Å². The minimum atomic E-state index is -5.22. The van der Waals surface area contributed by atoms with Gasteiger partial charge in [0.2, 0.25) is 5.82 Å². The molecule has 100 valence electrons. The summed E-state index contributed by atoms with van der Waals surface area (Å²) >= 11 is 0. The fourth-order valence-corrected chi connectivity index (χ4v) is 2.37. The molecule has 11 heteroatoms. The molecule has 0 radical (unpaired) electrons. The van der Waals surface area contributed by atoms with E-state index in [0.29, 0.717) is 0 Å². The summed E-state index contributed by atoms with van der Waals surface area (Å²) in [5, 5.41) is 10.3. The van der Waals surface area contributed by atoms with Crippen molar-refractivity contribution in [2.45, 2.75) is 11.1 Å². The van der Waals surface area contributed by atoms with Gasteiger partial charge < -0.3 is 0 Å². The maximum absolute atomic E-state index is 13.4. The quantitative estimate of drug-likeness (QED) is 0.364. The number of halogens is 5. The molecule has 0 heterocycles. The van der Waals surface area contributed by atoms with E-state index in [2.05, 4.69) is 10.7 Å². The van der Waals surface area contributed by atoms with Crippen molar-refractivity contribution in [2.75, 3.05) is 0 Å². The van der Waals surface area contributed by atoms with Gasteiger partial charge in [-0.3, -0.25) is 10.1 Å². The second-order valence-electron chi connectivity index (χ2n) is 2.97. The van der Waals surface area contributed by atoms with Crippen LogP contribution in [-0.2, 0) is 15.2 Å². The SMILES string of the molecule is O=[N+]([O-])c1ccc(C(F)(F)F)c(S(=O)(=O)Cl)c1F. The Bertz CT molecular complexity index is 613. The molecule has 0 amide bonds. The zero-order valence-corrected chi connectivity index (χ0v) is 9.61. The van der Waals surface area contributed by atoms with Gasteiger partial charge in [0.1, 0.15) is 4.90 Å². The van der Waals surface area contributed by atoms with Crippen molar-refractivity contribution in [3.63, 3.8) is 0 Å². The van der Waals surface area contributed by atoms with Crippen LogP contribution in [0.5, 0.6) is 0 Å². The second-order valence-corrected chi connectivity index (χ2v) is 5.47. The van der Waals surface area contributed by atoms with Crippen molar-refractivity contribution in [1.82, 2.24) is 0 Å². The zero-order valence-electron chi connectivity index (χ0n) is 8.03. The summed E-state index contributed by atoms with van der Waals surface area (Å²) in [5.74, 6) is -2.15. The molecule has 0 fully saturated rings. The molecule has 1 rings (SSSR count). The lowest BCUT2D eigenvalue weighted by Crippen LogP contribution is -2.13. The highest BCUT2D eigenvalue weighted by atomic mass is 35.7. The lowest BCUT2D eigenvalue weighted by molar-refractivity contribution is -0.387. The van der Waals surface area contributed by atoms with E-state index in [1.165, 1.54) is 0 Å². The van der Waals surface area contributed by atoms with Crippen LogP contribution in [-0.4, -0.2) is 13.3 Å². The number of rotatable bonds is 2. The lowest BCUT2D eigenvalue weighted by atomic mass is 10.2. The Kier molecular flexibility index (Phi) is 3.54. The normalized spacial score (nSPS) is 12.5. The number of nitro benzene ring substituents is 1. The van der Waals surface area contributed by atoms with Crippen molar-refractivity contribution in [2.24, 2.45) is 0 Å². The molecular weight excluding hydrogens is 306 g/mol.